The molecule has 1 atom stereocenters. The Kier molecular flexibility index (Phi) is 4.07. The van der Waals surface area contributed by atoms with E-state index in [9.17, 15) is 26.4 Å². The highest BCUT2D eigenvalue weighted by Gasteiger charge is 2.26. The van der Waals surface area contributed by atoms with Crippen molar-refractivity contribution in [2.24, 2.45) is 0 Å². The molecule has 0 aliphatic carbocycles. The SMILES string of the molecule is CC1Oc2ccc(NS(=O)(=O)c3ccc(F)c(F)c3F)cc2NC1=O. The molecule has 3 rings (SSSR count). The molecule has 2 aromatic rings. The summed E-state index contributed by atoms with van der Waals surface area (Å²) in [6.07, 6.45) is -0.702. The zero-order chi connectivity index (χ0) is 18.4. The van der Waals surface area contributed by atoms with Gasteiger partial charge in [-0.15, -0.1) is 0 Å². The van der Waals surface area contributed by atoms with Crippen LogP contribution in [0.5, 0.6) is 5.75 Å². The fraction of sp³-hybridized carbons (Fsp3) is 0.133. The molecule has 1 amide bonds. The third-order valence-electron chi connectivity index (χ3n) is 3.45. The van der Waals surface area contributed by atoms with Crippen molar-refractivity contribution in [1.29, 1.82) is 0 Å². The number of benzene rings is 2. The smallest absolute Gasteiger partial charge is 0.265 e. The highest BCUT2D eigenvalue weighted by molar-refractivity contribution is 7.92. The molecule has 1 aliphatic rings. The average Bonchev–Trinajstić information content (AvgIpc) is 2.53. The molecule has 0 saturated heterocycles. The standard InChI is InChI=1S/C15H11F3N2O4S/c1-7-15(21)19-10-6-8(2-4-11(10)24-7)20-25(22,23)12-5-3-9(16)13(17)14(12)18/h2-7,20H,1H3,(H,19,21). The highest BCUT2D eigenvalue weighted by atomic mass is 32.2. The first-order valence-corrected chi connectivity index (χ1v) is 8.45. The van der Waals surface area contributed by atoms with E-state index in [1.165, 1.54) is 18.2 Å². The molecule has 132 valence electrons. The van der Waals surface area contributed by atoms with Crippen LogP contribution in [0.1, 0.15) is 6.92 Å². The maximum Gasteiger partial charge on any atom is 0.265 e. The molecule has 0 spiro atoms. The van der Waals surface area contributed by atoms with Crippen LogP contribution >= 0.6 is 0 Å². The minimum absolute atomic E-state index is 0.0265. The van der Waals surface area contributed by atoms with E-state index in [0.717, 1.165) is 0 Å². The van der Waals surface area contributed by atoms with Gasteiger partial charge in [-0.2, -0.15) is 0 Å². The first kappa shape index (κ1) is 17.1. The Labute approximate surface area is 140 Å². The molecular weight excluding hydrogens is 361 g/mol. The van der Waals surface area contributed by atoms with Gasteiger partial charge in [0, 0.05) is 0 Å². The van der Waals surface area contributed by atoms with Gasteiger partial charge < -0.3 is 10.1 Å². The number of amides is 1. The van der Waals surface area contributed by atoms with Crippen molar-refractivity contribution < 1.29 is 31.1 Å². The van der Waals surface area contributed by atoms with E-state index in [0.29, 0.717) is 17.9 Å². The number of fused-ring (bicyclic) bond motifs is 1. The number of hydrogen-bond donors (Lipinski definition) is 2. The first-order chi connectivity index (χ1) is 11.7. The Balaban J connectivity index is 1.94. The van der Waals surface area contributed by atoms with Crippen LogP contribution in [-0.4, -0.2) is 20.4 Å². The second-order valence-corrected chi connectivity index (χ2v) is 6.89. The second kappa shape index (κ2) is 5.96. The number of rotatable bonds is 3. The van der Waals surface area contributed by atoms with Gasteiger partial charge in [-0.3, -0.25) is 9.52 Å². The van der Waals surface area contributed by atoms with E-state index >= 15 is 0 Å². The highest BCUT2D eigenvalue weighted by Crippen LogP contribution is 2.33. The van der Waals surface area contributed by atoms with Gasteiger partial charge in [0.2, 0.25) is 0 Å². The fourth-order valence-corrected chi connectivity index (χ4v) is 3.32. The number of anilines is 2. The maximum absolute atomic E-state index is 13.7. The molecule has 1 heterocycles. The molecule has 2 aromatic carbocycles. The number of ether oxygens (including phenoxy) is 1. The zero-order valence-corrected chi connectivity index (χ0v) is 13.5. The van der Waals surface area contributed by atoms with Crippen molar-refractivity contribution in [1.82, 2.24) is 0 Å². The zero-order valence-electron chi connectivity index (χ0n) is 12.6. The summed E-state index contributed by atoms with van der Waals surface area (Å²) in [5, 5.41) is 2.52. The van der Waals surface area contributed by atoms with Crippen molar-refractivity contribution in [2.75, 3.05) is 10.0 Å². The normalized spacial score (nSPS) is 16.6. The summed E-state index contributed by atoms with van der Waals surface area (Å²) < 4.78 is 71.7. The Morgan fingerprint density at radius 2 is 1.84 bits per heavy atom. The molecule has 0 fully saturated rings. The molecule has 25 heavy (non-hydrogen) atoms. The quantitative estimate of drug-likeness (QED) is 0.812. The van der Waals surface area contributed by atoms with Crippen molar-refractivity contribution in [3.05, 3.63) is 47.8 Å². The Bertz CT molecular complexity index is 979. The third-order valence-corrected chi connectivity index (χ3v) is 4.85. The lowest BCUT2D eigenvalue weighted by Crippen LogP contribution is -2.34. The molecule has 0 aromatic heterocycles. The van der Waals surface area contributed by atoms with Crippen LogP contribution in [0, 0.1) is 17.5 Å². The molecular formula is C15H11F3N2O4S. The lowest BCUT2D eigenvalue weighted by atomic mass is 10.2. The van der Waals surface area contributed by atoms with Crippen molar-refractivity contribution in [3.8, 4) is 5.75 Å². The summed E-state index contributed by atoms with van der Waals surface area (Å²) >= 11 is 0. The third kappa shape index (κ3) is 3.12. The van der Waals surface area contributed by atoms with Crippen LogP contribution in [0.25, 0.3) is 0 Å². The summed E-state index contributed by atoms with van der Waals surface area (Å²) in [6, 6.07) is 5.11. The van der Waals surface area contributed by atoms with E-state index in [2.05, 4.69) is 5.32 Å². The fourth-order valence-electron chi connectivity index (χ4n) is 2.20. The molecule has 0 bridgehead atoms. The average molecular weight is 372 g/mol. The number of carbonyl (C=O) groups excluding carboxylic acids is 1. The minimum atomic E-state index is -4.52. The van der Waals surface area contributed by atoms with Crippen molar-refractivity contribution in [2.45, 2.75) is 17.9 Å². The van der Waals surface area contributed by atoms with Crippen LogP contribution in [0.15, 0.2) is 35.2 Å². The maximum atomic E-state index is 13.7. The van der Waals surface area contributed by atoms with E-state index in [-0.39, 0.29) is 11.4 Å². The molecule has 1 unspecified atom stereocenters. The number of nitrogens with one attached hydrogen (secondary N) is 2. The van der Waals surface area contributed by atoms with E-state index in [4.69, 9.17) is 4.74 Å². The number of sulfonamides is 1. The summed E-state index contributed by atoms with van der Waals surface area (Å²) in [4.78, 5) is 10.5. The molecule has 0 saturated carbocycles. The van der Waals surface area contributed by atoms with Gasteiger partial charge in [-0.25, -0.2) is 21.6 Å². The van der Waals surface area contributed by atoms with Crippen LogP contribution in [0.2, 0.25) is 0 Å². The Morgan fingerprint density at radius 1 is 1.12 bits per heavy atom. The summed E-state index contributed by atoms with van der Waals surface area (Å²) in [5.41, 5.74) is 0.190. The monoisotopic (exact) mass is 372 g/mol. The van der Waals surface area contributed by atoms with Gasteiger partial charge in [0.1, 0.15) is 10.6 Å². The van der Waals surface area contributed by atoms with E-state index in [1.807, 2.05) is 4.72 Å². The first-order valence-electron chi connectivity index (χ1n) is 6.97. The summed E-state index contributed by atoms with van der Waals surface area (Å²) in [5.74, 6) is -5.30. The summed E-state index contributed by atoms with van der Waals surface area (Å²) in [6.45, 7) is 1.54. The van der Waals surface area contributed by atoms with Gasteiger partial charge >= 0.3 is 0 Å². The largest absolute Gasteiger partial charge is 0.479 e. The lowest BCUT2D eigenvalue weighted by molar-refractivity contribution is -0.122. The van der Waals surface area contributed by atoms with Crippen LogP contribution < -0.4 is 14.8 Å². The van der Waals surface area contributed by atoms with Crippen molar-refractivity contribution >= 4 is 27.3 Å². The van der Waals surface area contributed by atoms with Crippen LogP contribution in [-0.2, 0) is 14.8 Å². The van der Waals surface area contributed by atoms with Crippen LogP contribution in [0.4, 0.5) is 24.5 Å². The van der Waals surface area contributed by atoms with Gasteiger partial charge in [-0.05, 0) is 37.3 Å². The Morgan fingerprint density at radius 3 is 2.56 bits per heavy atom. The number of halogens is 3. The molecule has 1 aliphatic heterocycles. The predicted molar refractivity (Wildman–Crippen MR) is 82.3 cm³/mol. The molecule has 6 nitrogen and oxygen atoms in total. The van der Waals surface area contributed by atoms with E-state index in [1.54, 1.807) is 6.92 Å². The molecule has 0 radical (unpaired) electrons. The van der Waals surface area contributed by atoms with Gasteiger partial charge in [0.05, 0.1) is 11.4 Å². The number of carbonyl (C=O) groups is 1. The van der Waals surface area contributed by atoms with Crippen molar-refractivity contribution in [3.63, 3.8) is 0 Å². The Hall–Kier alpha value is -2.75. The summed E-state index contributed by atoms with van der Waals surface area (Å²) in [7, 11) is -4.52. The second-order valence-electron chi connectivity index (χ2n) is 5.24. The van der Waals surface area contributed by atoms with Gasteiger partial charge in [-0.1, -0.05) is 0 Å². The van der Waals surface area contributed by atoms with Gasteiger partial charge in [0.25, 0.3) is 15.9 Å². The molecule has 10 heteroatoms. The number of hydrogen-bond acceptors (Lipinski definition) is 4. The van der Waals surface area contributed by atoms with E-state index < -0.39 is 44.4 Å². The topological polar surface area (TPSA) is 84.5 Å². The van der Waals surface area contributed by atoms with Gasteiger partial charge in [0.15, 0.2) is 23.6 Å². The van der Waals surface area contributed by atoms with Crippen LogP contribution in [0.3, 0.4) is 0 Å². The predicted octanol–water partition coefficient (Wildman–Crippen LogP) is 2.62. The molecule has 2 N–H and O–H groups in total. The minimum Gasteiger partial charge on any atom is -0.479 e. The lowest BCUT2D eigenvalue weighted by Gasteiger charge is -2.23.